The summed E-state index contributed by atoms with van der Waals surface area (Å²) in [6.45, 7) is 9.20. The van der Waals surface area contributed by atoms with E-state index in [4.69, 9.17) is 4.99 Å². The fourth-order valence-electron chi connectivity index (χ4n) is 4.24. The Morgan fingerprint density at radius 2 is 1.52 bits per heavy atom. The largest absolute Gasteiger partial charge is 0.252 e. The Bertz CT molecular complexity index is 714. The van der Waals surface area contributed by atoms with Gasteiger partial charge in [-0.2, -0.15) is 0 Å². The van der Waals surface area contributed by atoms with Crippen molar-refractivity contribution >= 4 is 11.4 Å². The molecule has 25 heavy (non-hydrogen) atoms. The highest BCUT2D eigenvalue weighted by Crippen LogP contribution is 2.43. The van der Waals surface area contributed by atoms with Gasteiger partial charge in [-0.1, -0.05) is 75.2 Å². The van der Waals surface area contributed by atoms with Gasteiger partial charge in [-0.15, -0.1) is 0 Å². The molecule has 0 aromatic heterocycles. The Hall–Kier alpha value is -1.89. The van der Waals surface area contributed by atoms with E-state index in [1.54, 1.807) is 0 Å². The first-order valence-electron chi connectivity index (χ1n) is 9.66. The summed E-state index contributed by atoms with van der Waals surface area (Å²) in [6.07, 6.45) is 6.57. The molecule has 1 aliphatic carbocycles. The Kier molecular flexibility index (Phi) is 5.42. The number of benzene rings is 2. The van der Waals surface area contributed by atoms with E-state index in [0.29, 0.717) is 5.41 Å². The van der Waals surface area contributed by atoms with Gasteiger partial charge in [0.15, 0.2) is 0 Å². The quantitative estimate of drug-likeness (QED) is 0.521. The van der Waals surface area contributed by atoms with Crippen molar-refractivity contribution in [3.8, 4) is 0 Å². The first-order chi connectivity index (χ1) is 12.0. The summed E-state index contributed by atoms with van der Waals surface area (Å²) in [5.74, 6) is 0.819. The third-order valence-electron chi connectivity index (χ3n) is 5.88. The highest BCUT2D eigenvalue weighted by molar-refractivity contribution is 6.02. The first kappa shape index (κ1) is 17.9. The van der Waals surface area contributed by atoms with E-state index in [-0.39, 0.29) is 0 Å². The third-order valence-corrected chi connectivity index (χ3v) is 5.88. The maximum Gasteiger partial charge on any atom is 0.0691 e. The van der Waals surface area contributed by atoms with E-state index >= 15 is 0 Å². The van der Waals surface area contributed by atoms with Crippen LogP contribution < -0.4 is 0 Å². The zero-order valence-corrected chi connectivity index (χ0v) is 16.2. The van der Waals surface area contributed by atoms with Gasteiger partial charge in [-0.25, -0.2) is 0 Å². The fraction of sp³-hybridized carbons (Fsp3) is 0.458. The number of rotatable bonds is 5. The second-order valence-corrected chi connectivity index (χ2v) is 8.31. The lowest BCUT2D eigenvalue weighted by atomic mass is 9.73. The van der Waals surface area contributed by atoms with Crippen molar-refractivity contribution in [2.24, 2.45) is 16.3 Å². The van der Waals surface area contributed by atoms with Gasteiger partial charge in [-0.05, 0) is 61.1 Å². The van der Waals surface area contributed by atoms with Crippen LogP contribution in [0.5, 0.6) is 0 Å². The average molecular weight is 334 g/mol. The average Bonchev–Trinajstić information content (AvgIpc) is 3.13. The minimum Gasteiger partial charge on any atom is -0.252 e. The van der Waals surface area contributed by atoms with E-state index in [0.717, 1.165) is 18.0 Å². The van der Waals surface area contributed by atoms with Gasteiger partial charge in [0, 0.05) is 5.71 Å². The number of para-hydroxylation sites is 1. The van der Waals surface area contributed by atoms with Crippen LogP contribution in [0.4, 0.5) is 5.69 Å². The molecule has 1 nitrogen and oxygen atoms in total. The summed E-state index contributed by atoms with van der Waals surface area (Å²) in [6, 6.07) is 17.2. The summed E-state index contributed by atoms with van der Waals surface area (Å²) in [7, 11) is 0. The van der Waals surface area contributed by atoms with Gasteiger partial charge in [0.25, 0.3) is 0 Å². The predicted octanol–water partition coefficient (Wildman–Crippen LogP) is 7.03. The van der Waals surface area contributed by atoms with Crippen LogP contribution in [0.15, 0.2) is 53.5 Å². The molecule has 1 aliphatic rings. The molecule has 0 amide bonds. The van der Waals surface area contributed by atoms with Crippen LogP contribution in [0.2, 0.25) is 0 Å². The Balaban J connectivity index is 2.00. The third kappa shape index (κ3) is 4.21. The van der Waals surface area contributed by atoms with E-state index in [1.165, 1.54) is 48.1 Å². The molecule has 0 aliphatic heterocycles. The summed E-state index contributed by atoms with van der Waals surface area (Å²) in [5, 5.41) is 0. The molecule has 0 radical (unpaired) electrons. The van der Waals surface area contributed by atoms with Crippen LogP contribution in [0.1, 0.15) is 62.6 Å². The number of aryl methyl sites for hydroxylation is 2. The molecule has 0 heterocycles. The van der Waals surface area contributed by atoms with Crippen molar-refractivity contribution in [3.05, 3.63) is 65.2 Å². The molecule has 3 rings (SSSR count). The molecular formula is C24H31N. The number of hydrogen-bond donors (Lipinski definition) is 0. The SMILES string of the molecule is Cc1cccc(C)c1N=C(CC(C)(C)C1CCCC1)c1ccccc1. The second kappa shape index (κ2) is 7.56. The summed E-state index contributed by atoms with van der Waals surface area (Å²) in [5.41, 5.74) is 6.44. The normalized spacial score (nSPS) is 16.4. The summed E-state index contributed by atoms with van der Waals surface area (Å²) < 4.78 is 0. The van der Waals surface area contributed by atoms with Crippen molar-refractivity contribution in [2.75, 3.05) is 0 Å². The van der Waals surface area contributed by atoms with Gasteiger partial charge < -0.3 is 0 Å². The van der Waals surface area contributed by atoms with Crippen LogP contribution in [0, 0.1) is 25.2 Å². The minimum absolute atomic E-state index is 0.293. The van der Waals surface area contributed by atoms with Crippen molar-refractivity contribution < 1.29 is 0 Å². The van der Waals surface area contributed by atoms with Crippen LogP contribution in [0.3, 0.4) is 0 Å². The zero-order valence-electron chi connectivity index (χ0n) is 16.2. The zero-order chi connectivity index (χ0) is 17.9. The minimum atomic E-state index is 0.293. The van der Waals surface area contributed by atoms with Gasteiger partial charge in [0.2, 0.25) is 0 Å². The Labute approximate surface area is 153 Å². The van der Waals surface area contributed by atoms with Gasteiger partial charge in [0.05, 0.1) is 5.69 Å². The van der Waals surface area contributed by atoms with E-state index in [1.807, 2.05) is 0 Å². The van der Waals surface area contributed by atoms with Crippen molar-refractivity contribution in [3.63, 3.8) is 0 Å². The topological polar surface area (TPSA) is 12.4 Å². The highest BCUT2D eigenvalue weighted by Gasteiger charge is 2.33. The fourth-order valence-corrected chi connectivity index (χ4v) is 4.24. The van der Waals surface area contributed by atoms with Crippen LogP contribution >= 0.6 is 0 Å². The van der Waals surface area contributed by atoms with E-state index in [2.05, 4.69) is 76.2 Å². The summed E-state index contributed by atoms with van der Waals surface area (Å²) in [4.78, 5) is 5.20. The number of hydrogen-bond acceptors (Lipinski definition) is 1. The monoisotopic (exact) mass is 333 g/mol. The van der Waals surface area contributed by atoms with Crippen molar-refractivity contribution in [2.45, 2.75) is 59.8 Å². The van der Waals surface area contributed by atoms with Gasteiger partial charge >= 0.3 is 0 Å². The molecule has 1 heteroatoms. The molecule has 0 spiro atoms. The standard InChI is InChI=1S/C24H31N/c1-18-11-10-12-19(2)23(18)25-22(20-13-6-5-7-14-20)17-24(3,4)21-15-8-9-16-21/h5-7,10-14,21H,8-9,15-17H2,1-4H3. The lowest BCUT2D eigenvalue weighted by Crippen LogP contribution is -2.25. The second-order valence-electron chi connectivity index (χ2n) is 8.31. The summed E-state index contributed by atoms with van der Waals surface area (Å²) >= 11 is 0. The Morgan fingerprint density at radius 3 is 2.12 bits per heavy atom. The maximum absolute atomic E-state index is 5.20. The molecule has 0 bridgehead atoms. The van der Waals surface area contributed by atoms with Gasteiger partial charge in [0.1, 0.15) is 0 Å². The Morgan fingerprint density at radius 1 is 0.920 bits per heavy atom. The molecule has 0 N–H and O–H groups in total. The van der Waals surface area contributed by atoms with Gasteiger partial charge in [-0.3, -0.25) is 4.99 Å². The maximum atomic E-state index is 5.20. The van der Waals surface area contributed by atoms with Crippen molar-refractivity contribution in [1.29, 1.82) is 0 Å². The molecule has 2 aromatic carbocycles. The van der Waals surface area contributed by atoms with Crippen LogP contribution in [0.25, 0.3) is 0 Å². The molecule has 2 aromatic rings. The van der Waals surface area contributed by atoms with Crippen LogP contribution in [-0.4, -0.2) is 5.71 Å². The molecule has 1 fully saturated rings. The lowest BCUT2D eigenvalue weighted by molar-refractivity contribution is 0.227. The number of nitrogens with zero attached hydrogens (tertiary/aromatic N) is 1. The molecule has 0 saturated heterocycles. The predicted molar refractivity (Wildman–Crippen MR) is 109 cm³/mol. The smallest absolute Gasteiger partial charge is 0.0691 e. The van der Waals surface area contributed by atoms with Crippen LogP contribution in [-0.2, 0) is 0 Å². The molecule has 0 unspecified atom stereocenters. The lowest BCUT2D eigenvalue weighted by Gasteiger charge is -2.32. The number of aliphatic imine (C=N–C) groups is 1. The molecule has 1 saturated carbocycles. The van der Waals surface area contributed by atoms with E-state index in [9.17, 15) is 0 Å². The van der Waals surface area contributed by atoms with E-state index < -0.39 is 0 Å². The highest BCUT2D eigenvalue weighted by atomic mass is 14.8. The molecule has 0 atom stereocenters. The van der Waals surface area contributed by atoms with Crippen molar-refractivity contribution in [1.82, 2.24) is 0 Å². The first-order valence-corrected chi connectivity index (χ1v) is 9.66. The molecule has 132 valence electrons. The molecular weight excluding hydrogens is 302 g/mol.